The fraction of sp³-hybridized carbons (Fsp3) is 0.0189. The lowest BCUT2D eigenvalue weighted by Gasteiger charge is -2.33. The van der Waals surface area contributed by atoms with E-state index in [1.807, 2.05) is 23.1 Å². The molecule has 2 heterocycles. The molecule has 1 aliphatic rings. The molecule has 56 heavy (non-hydrogen) atoms. The Morgan fingerprint density at radius 3 is 1.80 bits per heavy atom. The summed E-state index contributed by atoms with van der Waals surface area (Å²) in [6.45, 7) is 2.16. The molecule has 10 aromatic rings. The van der Waals surface area contributed by atoms with Gasteiger partial charge in [0.25, 0.3) is 0 Å². The SMILES string of the molecule is Cc1ccc2c(-c3ccc4c(c3)Sc3cc(-c5ccccc5)ccc3N4c3ccc(-c4ccc(-c5cccc6c5sc5ccccc56)cc4)cc3)cccc2c1. The van der Waals surface area contributed by atoms with Crippen LogP contribution in [0, 0.1) is 6.92 Å². The Morgan fingerprint density at radius 1 is 0.393 bits per heavy atom. The number of hydrogen-bond donors (Lipinski definition) is 0. The van der Waals surface area contributed by atoms with Gasteiger partial charge in [0.1, 0.15) is 0 Å². The van der Waals surface area contributed by atoms with Crippen LogP contribution in [-0.4, -0.2) is 0 Å². The van der Waals surface area contributed by atoms with Crippen LogP contribution in [0.15, 0.2) is 204 Å². The van der Waals surface area contributed by atoms with E-state index < -0.39 is 0 Å². The highest BCUT2D eigenvalue weighted by Crippen LogP contribution is 2.53. The highest BCUT2D eigenvalue weighted by Gasteiger charge is 2.26. The van der Waals surface area contributed by atoms with Gasteiger partial charge in [-0.05, 0) is 105 Å². The first-order valence-electron chi connectivity index (χ1n) is 19.1. The third kappa shape index (κ3) is 5.62. The maximum absolute atomic E-state index is 2.44. The van der Waals surface area contributed by atoms with Gasteiger partial charge in [-0.25, -0.2) is 0 Å². The zero-order valence-corrected chi connectivity index (χ0v) is 32.4. The lowest BCUT2D eigenvalue weighted by Crippen LogP contribution is -2.15. The third-order valence-corrected chi connectivity index (χ3v) is 13.4. The molecule has 0 atom stereocenters. The Balaban J connectivity index is 0.966. The van der Waals surface area contributed by atoms with Crippen LogP contribution >= 0.6 is 23.1 Å². The fourth-order valence-electron chi connectivity index (χ4n) is 8.34. The van der Waals surface area contributed by atoms with Crippen molar-refractivity contribution in [3.8, 4) is 44.5 Å². The number of rotatable bonds is 5. The van der Waals surface area contributed by atoms with Crippen molar-refractivity contribution in [1.82, 2.24) is 0 Å². The standard InChI is InChI=1S/C53H35NS2/c1-34-17-28-44-40(31-34)11-7-13-43(44)41-25-30-49-52(33-41)55-51-32-39(35-9-3-2-4-10-35)24-29-48(51)54(49)42-26-22-37(23-27-42)36-18-20-38(21-19-36)45-14-8-15-47-46-12-5-6-16-50(46)56-53(45)47/h2-33H,1H3. The summed E-state index contributed by atoms with van der Waals surface area (Å²) in [6, 6.07) is 71.5. The van der Waals surface area contributed by atoms with Crippen molar-refractivity contribution in [3.63, 3.8) is 0 Å². The quantitative estimate of drug-likeness (QED) is 0.172. The molecule has 3 heteroatoms. The molecule has 0 saturated carbocycles. The van der Waals surface area contributed by atoms with Crippen LogP contribution in [0.5, 0.6) is 0 Å². The van der Waals surface area contributed by atoms with Crippen LogP contribution in [0.2, 0.25) is 0 Å². The Bertz CT molecular complexity index is 3100. The average molecular weight is 750 g/mol. The van der Waals surface area contributed by atoms with Crippen molar-refractivity contribution in [3.05, 3.63) is 200 Å². The van der Waals surface area contributed by atoms with Gasteiger partial charge in [0.05, 0.1) is 11.4 Å². The zero-order valence-electron chi connectivity index (χ0n) is 30.7. The molecule has 0 spiro atoms. The summed E-state index contributed by atoms with van der Waals surface area (Å²) in [5.74, 6) is 0. The van der Waals surface area contributed by atoms with E-state index >= 15 is 0 Å². The summed E-state index contributed by atoms with van der Waals surface area (Å²) in [5.41, 5.74) is 14.7. The molecule has 0 aliphatic carbocycles. The molecule has 0 amide bonds. The maximum Gasteiger partial charge on any atom is 0.0602 e. The van der Waals surface area contributed by atoms with E-state index in [0.29, 0.717) is 0 Å². The second-order valence-electron chi connectivity index (χ2n) is 14.6. The number of aryl methyl sites for hydroxylation is 1. The molecule has 0 unspecified atom stereocenters. The highest BCUT2D eigenvalue weighted by molar-refractivity contribution is 7.99. The van der Waals surface area contributed by atoms with Crippen molar-refractivity contribution >= 4 is 71.1 Å². The van der Waals surface area contributed by atoms with Gasteiger partial charge in [-0.1, -0.05) is 169 Å². The maximum atomic E-state index is 2.44. The van der Waals surface area contributed by atoms with Crippen molar-refractivity contribution < 1.29 is 0 Å². The number of anilines is 3. The number of hydrogen-bond acceptors (Lipinski definition) is 3. The van der Waals surface area contributed by atoms with Crippen LogP contribution in [0.4, 0.5) is 17.1 Å². The van der Waals surface area contributed by atoms with E-state index in [0.717, 1.165) is 5.69 Å². The molecule has 0 bridgehead atoms. The molecular formula is C53H35NS2. The van der Waals surface area contributed by atoms with Crippen LogP contribution in [0.1, 0.15) is 5.56 Å². The lowest BCUT2D eigenvalue weighted by molar-refractivity contribution is 1.17. The average Bonchev–Trinajstić information content (AvgIpc) is 3.64. The first-order chi connectivity index (χ1) is 27.6. The van der Waals surface area contributed by atoms with Crippen LogP contribution in [0.25, 0.3) is 75.5 Å². The van der Waals surface area contributed by atoms with Gasteiger partial charge >= 0.3 is 0 Å². The minimum Gasteiger partial charge on any atom is -0.308 e. The van der Waals surface area contributed by atoms with Gasteiger partial charge in [-0.15, -0.1) is 11.3 Å². The predicted octanol–water partition coefficient (Wildman–Crippen LogP) is 16.1. The minimum absolute atomic E-state index is 1.14. The fourth-order valence-corrected chi connectivity index (χ4v) is 10.7. The van der Waals surface area contributed by atoms with E-state index in [1.54, 1.807) is 0 Å². The van der Waals surface area contributed by atoms with E-state index in [-0.39, 0.29) is 0 Å². The third-order valence-electron chi connectivity index (χ3n) is 11.1. The monoisotopic (exact) mass is 749 g/mol. The van der Waals surface area contributed by atoms with Gasteiger partial charge in [0, 0.05) is 35.7 Å². The Hall–Kier alpha value is -6.39. The lowest BCUT2D eigenvalue weighted by atomic mass is 9.96. The summed E-state index contributed by atoms with van der Waals surface area (Å²) in [7, 11) is 0. The predicted molar refractivity (Wildman–Crippen MR) is 242 cm³/mol. The van der Waals surface area contributed by atoms with Gasteiger partial charge in [0.2, 0.25) is 0 Å². The number of thiophene rings is 1. The number of benzene rings is 9. The molecule has 1 nitrogen and oxygen atoms in total. The first kappa shape index (κ1) is 33.0. The van der Waals surface area contributed by atoms with Crippen molar-refractivity contribution in [1.29, 1.82) is 0 Å². The van der Waals surface area contributed by atoms with Crippen LogP contribution in [0.3, 0.4) is 0 Å². The molecule has 0 N–H and O–H groups in total. The second kappa shape index (κ2) is 13.4. The first-order valence-corrected chi connectivity index (χ1v) is 20.7. The van der Waals surface area contributed by atoms with E-state index in [2.05, 4.69) is 206 Å². The van der Waals surface area contributed by atoms with Crippen molar-refractivity contribution in [2.75, 3.05) is 4.90 Å². The van der Waals surface area contributed by atoms with E-state index in [4.69, 9.17) is 0 Å². The second-order valence-corrected chi connectivity index (χ2v) is 16.7. The molecule has 264 valence electrons. The Kier molecular flexibility index (Phi) is 7.91. The minimum atomic E-state index is 1.14. The highest BCUT2D eigenvalue weighted by atomic mass is 32.2. The van der Waals surface area contributed by atoms with Crippen molar-refractivity contribution in [2.45, 2.75) is 16.7 Å². The van der Waals surface area contributed by atoms with Gasteiger partial charge in [-0.2, -0.15) is 0 Å². The number of fused-ring (bicyclic) bond motifs is 6. The van der Waals surface area contributed by atoms with E-state index in [1.165, 1.54) is 102 Å². The molecule has 0 saturated heterocycles. The largest absolute Gasteiger partial charge is 0.308 e. The molecule has 0 radical (unpaired) electrons. The topological polar surface area (TPSA) is 3.24 Å². The van der Waals surface area contributed by atoms with Crippen molar-refractivity contribution in [2.24, 2.45) is 0 Å². The zero-order chi connectivity index (χ0) is 37.2. The summed E-state index contributed by atoms with van der Waals surface area (Å²) < 4.78 is 2.68. The summed E-state index contributed by atoms with van der Waals surface area (Å²) in [6.07, 6.45) is 0. The van der Waals surface area contributed by atoms with Crippen LogP contribution < -0.4 is 4.90 Å². The Labute approximate surface area is 335 Å². The summed E-state index contributed by atoms with van der Waals surface area (Å²) in [5, 5.41) is 5.22. The summed E-state index contributed by atoms with van der Waals surface area (Å²) in [4.78, 5) is 4.93. The smallest absolute Gasteiger partial charge is 0.0602 e. The van der Waals surface area contributed by atoms with E-state index in [9.17, 15) is 0 Å². The van der Waals surface area contributed by atoms with Gasteiger partial charge in [0.15, 0.2) is 0 Å². The molecule has 11 rings (SSSR count). The van der Waals surface area contributed by atoms with Crippen LogP contribution in [-0.2, 0) is 0 Å². The molecule has 1 aromatic heterocycles. The van der Waals surface area contributed by atoms with Gasteiger partial charge < -0.3 is 4.90 Å². The normalized spacial score (nSPS) is 12.3. The Morgan fingerprint density at radius 2 is 1.00 bits per heavy atom. The molecule has 9 aromatic carbocycles. The molecule has 0 fully saturated rings. The molecular weight excluding hydrogens is 715 g/mol. The number of nitrogens with zero attached hydrogens (tertiary/aromatic N) is 1. The summed E-state index contributed by atoms with van der Waals surface area (Å²) >= 11 is 3.75. The van der Waals surface area contributed by atoms with Gasteiger partial charge in [-0.3, -0.25) is 0 Å². The molecule has 1 aliphatic heterocycles.